The molecule has 0 amide bonds. The van der Waals surface area contributed by atoms with Gasteiger partial charge in [-0.15, -0.1) is 0 Å². The Labute approximate surface area is 136 Å². The Morgan fingerprint density at radius 1 is 0.955 bits per heavy atom. The summed E-state index contributed by atoms with van der Waals surface area (Å²) in [5.41, 5.74) is 1.82. The zero-order valence-electron chi connectivity index (χ0n) is 13.1. The largest absolute Gasteiger partial charge is 0.460 e. The smallest absolute Gasteiger partial charge is 0.312 e. The van der Waals surface area contributed by atoms with E-state index in [2.05, 4.69) is 12.1 Å². The van der Waals surface area contributed by atoms with Gasteiger partial charge in [0.25, 0.3) is 0 Å². The Hall–Kier alpha value is -1.74. The van der Waals surface area contributed by atoms with Crippen molar-refractivity contribution in [1.82, 2.24) is 0 Å². The number of hydrogen-bond acceptors (Lipinski definition) is 3. The molecule has 0 bridgehead atoms. The average Bonchev–Trinajstić information content (AvgIpc) is 2.54. The van der Waals surface area contributed by atoms with Gasteiger partial charge in [0.2, 0.25) is 0 Å². The number of carbonyl (C=O) groups excluding carboxylic acids is 1. The van der Waals surface area contributed by atoms with Crippen molar-refractivity contribution < 1.29 is 9.53 Å². The van der Waals surface area contributed by atoms with Gasteiger partial charge >= 0.3 is 5.97 Å². The normalized spacial score (nSPS) is 11.2. The van der Waals surface area contributed by atoms with Crippen molar-refractivity contribution in [1.29, 1.82) is 0 Å². The third-order valence-corrected chi connectivity index (χ3v) is 4.80. The minimum absolute atomic E-state index is 0.142. The average molecular weight is 314 g/mol. The Morgan fingerprint density at radius 2 is 1.50 bits per heavy atom. The van der Waals surface area contributed by atoms with E-state index in [9.17, 15) is 4.79 Å². The molecule has 0 atom stereocenters. The summed E-state index contributed by atoms with van der Waals surface area (Å²) in [6, 6.07) is 20.1. The molecule has 3 heteroatoms. The first-order valence-electron chi connectivity index (χ1n) is 7.41. The lowest BCUT2D eigenvalue weighted by Gasteiger charge is -2.22. The van der Waals surface area contributed by atoms with Crippen molar-refractivity contribution in [2.75, 3.05) is 5.75 Å². The fourth-order valence-electron chi connectivity index (χ4n) is 1.98. The van der Waals surface area contributed by atoms with Gasteiger partial charge in [0.15, 0.2) is 0 Å². The van der Waals surface area contributed by atoms with Crippen molar-refractivity contribution >= 4 is 17.7 Å². The molecular formula is C19H22O2S. The van der Waals surface area contributed by atoms with Gasteiger partial charge in [-0.2, -0.15) is 11.8 Å². The molecule has 116 valence electrons. The molecule has 2 aromatic carbocycles. The number of ether oxygens (including phenoxy) is 1. The van der Waals surface area contributed by atoms with Crippen LogP contribution in [0.3, 0.4) is 0 Å². The molecule has 2 rings (SSSR count). The number of carbonyl (C=O) groups is 1. The summed E-state index contributed by atoms with van der Waals surface area (Å²) in [5.74, 6) is 1.52. The van der Waals surface area contributed by atoms with E-state index in [1.165, 1.54) is 5.56 Å². The van der Waals surface area contributed by atoms with Crippen molar-refractivity contribution in [3.8, 4) is 0 Å². The first-order valence-corrected chi connectivity index (χ1v) is 8.56. The van der Waals surface area contributed by atoms with Gasteiger partial charge in [-0.25, -0.2) is 0 Å². The lowest BCUT2D eigenvalue weighted by Crippen LogP contribution is -2.29. The minimum atomic E-state index is -0.478. The van der Waals surface area contributed by atoms with Crippen LogP contribution in [-0.4, -0.2) is 11.7 Å². The van der Waals surface area contributed by atoms with Gasteiger partial charge in [-0.05, 0) is 25.0 Å². The monoisotopic (exact) mass is 314 g/mol. The zero-order valence-corrected chi connectivity index (χ0v) is 13.9. The van der Waals surface area contributed by atoms with Crippen LogP contribution < -0.4 is 0 Å². The fraction of sp³-hybridized carbons (Fsp3) is 0.316. The summed E-state index contributed by atoms with van der Waals surface area (Å²) in [4.78, 5) is 12.2. The van der Waals surface area contributed by atoms with Gasteiger partial charge in [0, 0.05) is 11.5 Å². The topological polar surface area (TPSA) is 26.3 Å². The third kappa shape index (κ3) is 5.23. The molecule has 0 radical (unpaired) electrons. The molecule has 0 saturated heterocycles. The molecule has 0 aliphatic carbocycles. The molecule has 0 heterocycles. The summed E-state index contributed by atoms with van der Waals surface area (Å²) >= 11 is 1.76. The molecular weight excluding hydrogens is 292 g/mol. The Balaban J connectivity index is 1.77. The molecule has 0 aliphatic heterocycles. The van der Waals surface area contributed by atoms with E-state index in [0.29, 0.717) is 6.61 Å². The quantitative estimate of drug-likeness (QED) is 0.694. The number of thioether (sulfide) groups is 1. The van der Waals surface area contributed by atoms with Crippen molar-refractivity contribution in [3.63, 3.8) is 0 Å². The molecule has 0 N–H and O–H groups in total. The summed E-state index contributed by atoms with van der Waals surface area (Å²) in [7, 11) is 0. The van der Waals surface area contributed by atoms with E-state index in [0.717, 1.165) is 17.1 Å². The summed E-state index contributed by atoms with van der Waals surface area (Å²) < 4.78 is 5.44. The van der Waals surface area contributed by atoms with Gasteiger partial charge < -0.3 is 4.74 Å². The first kappa shape index (κ1) is 16.6. The second-order valence-electron chi connectivity index (χ2n) is 5.92. The third-order valence-electron chi connectivity index (χ3n) is 3.34. The predicted molar refractivity (Wildman–Crippen MR) is 92.6 cm³/mol. The maximum Gasteiger partial charge on any atom is 0.312 e. The summed E-state index contributed by atoms with van der Waals surface area (Å²) in [6.45, 7) is 4.23. The molecule has 0 spiro atoms. The fourth-order valence-corrected chi connectivity index (χ4v) is 3.13. The van der Waals surface area contributed by atoms with E-state index in [1.54, 1.807) is 11.8 Å². The maximum atomic E-state index is 12.2. The van der Waals surface area contributed by atoms with E-state index in [1.807, 2.05) is 62.4 Å². The van der Waals surface area contributed by atoms with Crippen molar-refractivity contribution in [2.24, 2.45) is 5.41 Å². The van der Waals surface area contributed by atoms with Gasteiger partial charge in [0.1, 0.15) is 6.61 Å². The van der Waals surface area contributed by atoms with Crippen molar-refractivity contribution in [3.05, 3.63) is 71.8 Å². The van der Waals surface area contributed by atoms with Crippen LogP contribution >= 0.6 is 11.8 Å². The SMILES string of the molecule is CC(C)(CSCc1ccccc1)C(=O)OCc1ccccc1. The highest BCUT2D eigenvalue weighted by Crippen LogP contribution is 2.26. The number of rotatable bonds is 7. The molecule has 0 aliphatic rings. The predicted octanol–water partition coefficient (Wildman–Crippen LogP) is 4.69. The minimum Gasteiger partial charge on any atom is -0.460 e. The molecule has 0 saturated carbocycles. The summed E-state index contributed by atoms with van der Waals surface area (Å²) in [5, 5.41) is 0. The van der Waals surface area contributed by atoms with E-state index >= 15 is 0 Å². The van der Waals surface area contributed by atoms with Crippen LogP contribution in [0.1, 0.15) is 25.0 Å². The maximum absolute atomic E-state index is 12.2. The van der Waals surface area contributed by atoms with Crippen LogP contribution in [0.2, 0.25) is 0 Å². The van der Waals surface area contributed by atoms with Crippen LogP contribution in [0, 0.1) is 5.41 Å². The highest BCUT2D eigenvalue weighted by atomic mass is 32.2. The van der Waals surface area contributed by atoms with Crippen LogP contribution in [-0.2, 0) is 21.9 Å². The number of esters is 1. The Morgan fingerprint density at radius 3 is 2.09 bits per heavy atom. The molecule has 0 fully saturated rings. The number of hydrogen-bond donors (Lipinski definition) is 0. The van der Waals surface area contributed by atoms with E-state index in [-0.39, 0.29) is 5.97 Å². The highest BCUT2D eigenvalue weighted by molar-refractivity contribution is 7.98. The standard InChI is InChI=1S/C19H22O2S/c1-19(2,15-22-14-17-11-7-4-8-12-17)18(20)21-13-16-9-5-3-6-10-16/h3-12H,13-15H2,1-2H3. The van der Waals surface area contributed by atoms with Gasteiger partial charge in [0.05, 0.1) is 5.41 Å². The Bertz CT molecular complexity index is 579. The van der Waals surface area contributed by atoms with E-state index in [4.69, 9.17) is 4.74 Å². The lowest BCUT2D eigenvalue weighted by molar-refractivity contribution is -0.154. The van der Waals surface area contributed by atoms with E-state index < -0.39 is 5.41 Å². The van der Waals surface area contributed by atoms with Gasteiger partial charge in [-0.1, -0.05) is 60.7 Å². The van der Waals surface area contributed by atoms with Gasteiger partial charge in [-0.3, -0.25) is 4.79 Å². The highest BCUT2D eigenvalue weighted by Gasteiger charge is 2.29. The first-order chi connectivity index (χ1) is 10.6. The molecule has 2 aromatic rings. The van der Waals surface area contributed by atoms with Crippen molar-refractivity contribution in [2.45, 2.75) is 26.2 Å². The molecule has 0 unspecified atom stereocenters. The molecule has 0 aromatic heterocycles. The lowest BCUT2D eigenvalue weighted by atomic mass is 9.97. The molecule has 2 nitrogen and oxygen atoms in total. The Kier molecular flexibility index (Phi) is 6.08. The number of benzene rings is 2. The van der Waals surface area contributed by atoms with Crippen LogP contribution in [0.15, 0.2) is 60.7 Å². The molecule has 22 heavy (non-hydrogen) atoms. The second kappa shape index (κ2) is 8.04. The second-order valence-corrected chi connectivity index (χ2v) is 6.91. The zero-order chi connectivity index (χ0) is 15.8. The van der Waals surface area contributed by atoms with Crippen LogP contribution in [0.5, 0.6) is 0 Å². The van der Waals surface area contributed by atoms with Crippen LogP contribution in [0.4, 0.5) is 0 Å². The summed E-state index contributed by atoms with van der Waals surface area (Å²) in [6.07, 6.45) is 0. The van der Waals surface area contributed by atoms with Crippen LogP contribution in [0.25, 0.3) is 0 Å².